The molecular formula is C10H15FN2O2S. The van der Waals surface area contributed by atoms with Gasteiger partial charge in [0, 0.05) is 12.6 Å². The van der Waals surface area contributed by atoms with Gasteiger partial charge in [-0.2, -0.15) is 0 Å². The van der Waals surface area contributed by atoms with Crippen molar-refractivity contribution in [2.24, 2.45) is 5.73 Å². The third kappa shape index (κ3) is 3.01. The van der Waals surface area contributed by atoms with Crippen LogP contribution in [0.5, 0.6) is 0 Å². The lowest BCUT2D eigenvalue weighted by atomic mass is 10.2. The molecule has 90 valence electrons. The van der Waals surface area contributed by atoms with Crippen LogP contribution in [-0.2, 0) is 10.0 Å². The highest BCUT2D eigenvalue weighted by Crippen LogP contribution is 2.16. The van der Waals surface area contributed by atoms with Gasteiger partial charge in [-0.1, -0.05) is 0 Å². The maximum Gasteiger partial charge on any atom is 0.241 e. The zero-order valence-electron chi connectivity index (χ0n) is 9.20. The molecule has 0 spiro atoms. The molecule has 0 bridgehead atoms. The average molecular weight is 246 g/mol. The van der Waals surface area contributed by atoms with E-state index in [1.165, 1.54) is 12.1 Å². The molecule has 0 heterocycles. The molecule has 1 rings (SSSR count). The van der Waals surface area contributed by atoms with Crippen molar-refractivity contribution in [2.75, 3.05) is 6.54 Å². The standard InChI is InChI=1S/C10H15FN2O2S/c1-7-5-9(11)3-4-10(7)16(14,15)13-8(2)6-12/h3-5,8,13H,6,12H2,1-2H3/t8-/m1/s1. The highest BCUT2D eigenvalue weighted by molar-refractivity contribution is 7.89. The molecule has 1 atom stereocenters. The summed E-state index contributed by atoms with van der Waals surface area (Å²) in [5.41, 5.74) is 5.70. The number of hydrogen-bond donors (Lipinski definition) is 2. The molecule has 1 aromatic carbocycles. The molecule has 16 heavy (non-hydrogen) atoms. The normalized spacial score (nSPS) is 13.8. The van der Waals surface area contributed by atoms with Crippen molar-refractivity contribution in [1.82, 2.24) is 4.72 Å². The molecule has 0 unspecified atom stereocenters. The summed E-state index contributed by atoms with van der Waals surface area (Å²) in [5.74, 6) is -0.455. The zero-order chi connectivity index (χ0) is 12.3. The van der Waals surface area contributed by atoms with Gasteiger partial charge >= 0.3 is 0 Å². The lowest BCUT2D eigenvalue weighted by Gasteiger charge is -2.13. The second-order valence-corrected chi connectivity index (χ2v) is 5.35. The van der Waals surface area contributed by atoms with E-state index in [1.54, 1.807) is 13.8 Å². The van der Waals surface area contributed by atoms with Gasteiger partial charge in [-0.05, 0) is 37.6 Å². The van der Waals surface area contributed by atoms with Crippen molar-refractivity contribution in [1.29, 1.82) is 0 Å². The lowest BCUT2D eigenvalue weighted by Crippen LogP contribution is -2.38. The SMILES string of the molecule is Cc1cc(F)ccc1S(=O)(=O)N[C@H](C)CN. The molecule has 0 radical (unpaired) electrons. The van der Waals surface area contributed by atoms with Crippen molar-refractivity contribution < 1.29 is 12.8 Å². The highest BCUT2D eigenvalue weighted by Gasteiger charge is 2.18. The van der Waals surface area contributed by atoms with Crippen LogP contribution in [0.3, 0.4) is 0 Å². The summed E-state index contributed by atoms with van der Waals surface area (Å²) in [4.78, 5) is 0.0780. The van der Waals surface area contributed by atoms with Crippen molar-refractivity contribution >= 4 is 10.0 Å². The fourth-order valence-corrected chi connectivity index (χ4v) is 2.77. The van der Waals surface area contributed by atoms with Crippen molar-refractivity contribution in [3.8, 4) is 0 Å². The number of sulfonamides is 1. The van der Waals surface area contributed by atoms with Gasteiger partial charge in [-0.25, -0.2) is 17.5 Å². The van der Waals surface area contributed by atoms with Crippen LogP contribution in [0.15, 0.2) is 23.1 Å². The predicted octanol–water partition coefficient (Wildman–Crippen LogP) is 0.760. The molecule has 0 saturated heterocycles. The summed E-state index contributed by atoms with van der Waals surface area (Å²) in [7, 11) is -3.62. The van der Waals surface area contributed by atoms with Crippen LogP contribution in [-0.4, -0.2) is 21.0 Å². The van der Waals surface area contributed by atoms with Gasteiger partial charge in [0.2, 0.25) is 10.0 Å². The topological polar surface area (TPSA) is 72.2 Å². The van der Waals surface area contributed by atoms with E-state index in [0.717, 1.165) is 6.07 Å². The minimum absolute atomic E-state index is 0.0780. The Morgan fingerprint density at radius 1 is 1.50 bits per heavy atom. The first-order valence-corrected chi connectivity index (χ1v) is 6.33. The summed E-state index contributed by atoms with van der Waals surface area (Å²) in [6.45, 7) is 3.42. The molecule has 0 aliphatic heterocycles. The van der Waals surface area contributed by atoms with E-state index < -0.39 is 15.8 Å². The number of rotatable bonds is 4. The molecule has 0 aliphatic carbocycles. The fourth-order valence-electron chi connectivity index (χ4n) is 1.29. The van der Waals surface area contributed by atoms with Gasteiger partial charge in [0.25, 0.3) is 0 Å². The van der Waals surface area contributed by atoms with Gasteiger partial charge in [0.05, 0.1) is 4.90 Å². The van der Waals surface area contributed by atoms with E-state index in [2.05, 4.69) is 4.72 Å². The summed E-state index contributed by atoms with van der Waals surface area (Å²) >= 11 is 0. The number of hydrogen-bond acceptors (Lipinski definition) is 3. The van der Waals surface area contributed by atoms with Gasteiger partial charge in [-0.15, -0.1) is 0 Å². The van der Waals surface area contributed by atoms with E-state index in [4.69, 9.17) is 5.73 Å². The minimum Gasteiger partial charge on any atom is -0.329 e. The Morgan fingerprint density at radius 2 is 2.12 bits per heavy atom. The van der Waals surface area contributed by atoms with E-state index in [9.17, 15) is 12.8 Å². The van der Waals surface area contributed by atoms with Crippen LogP contribution in [0, 0.1) is 12.7 Å². The Morgan fingerprint density at radius 3 is 2.62 bits per heavy atom. The number of benzene rings is 1. The molecule has 0 amide bonds. The first-order chi connectivity index (χ1) is 7.36. The Labute approximate surface area is 94.7 Å². The number of halogens is 1. The molecule has 0 saturated carbocycles. The number of nitrogens with one attached hydrogen (secondary N) is 1. The Balaban J connectivity index is 3.08. The summed E-state index contributed by atoms with van der Waals surface area (Å²) in [5, 5.41) is 0. The van der Waals surface area contributed by atoms with E-state index in [0.29, 0.717) is 5.56 Å². The molecular weight excluding hydrogens is 231 g/mol. The van der Waals surface area contributed by atoms with Crippen molar-refractivity contribution in [2.45, 2.75) is 24.8 Å². The van der Waals surface area contributed by atoms with Crippen molar-refractivity contribution in [3.63, 3.8) is 0 Å². The third-order valence-corrected chi connectivity index (χ3v) is 3.89. The molecule has 0 aromatic heterocycles. The Hall–Kier alpha value is -0.980. The fraction of sp³-hybridized carbons (Fsp3) is 0.400. The third-order valence-electron chi connectivity index (χ3n) is 2.14. The van der Waals surface area contributed by atoms with Gasteiger partial charge in [-0.3, -0.25) is 0 Å². The largest absolute Gasteiger partial charge is 0.329 e. The van der Waals surface area contributed by atoms with Crippen LogP contribution in [0.25, 0.3) is 0 Å². The second kappa shape index (κ2) is 4.90. The maximum atomic E-state index is 12.8. The van der Waals surface area contributed by atoms with Gasteiger partial charge in [0.1, 0.15) is 5.82 Å². The molecule has 6 heteroatoms. The van der Waals surface area contributed by atoms with E-state index in [-0.39, 0.29) is 17.5 Å². The number of aryl methyl sites for hydroxylation is 1. The van der Waals surface area contributed by atoms with Crippen molar-refractivity contribution in [3.05, 3.63) is 29.6 Å². The minimum atomic E-state index is -3.62. The molecule has 1 aromatic rings. The van der Waals surface area contributed by atoms with Crippen LogP contribution in [0.4, 0.5) is 4.39 Å². The van der Waals surface area contributed by atoms with E-state index >= 15 is 0 Å². The van der Waals surface area contributed by atoms with Gasteiger partial charge in [0.15, 0.2) is 0 Å². The van der Waals surface area contributed by atoms with E-state index in [1.807, 2.05) is 0 Å². The summed E-state index contributed by atoms with van der Waals surface area (Å²) in [6, 6.07) is 3.20. The first-order valence-electron chi connectivity index (χ1n) is 4.85. The molecule has 0 fully saturated rings. The smallest absolute Gasteiger partial charge is 0.241 e. The second-order valence-electron chi connectivity index (χ2n) is 3.67. The zero-order valence-corrected chi connectivity index (χ0v) is 10.0. The average Bonchev–Trinajstić information content (AvgIpc) is 2.16. The Kier molecular flexibility index (Phi) is 4.01. The lowest BCUT2D eigenvalue weighted by molar-refractivity contribution is 0.561. The number of nitrogens with two attached hydrogens (primary N) is 1. The molecule has 0 aliphatic rings. The van der Waals surface area contributed by atoms with Crippen LogP contribution in [0.1, 0.15) is 12.5 Å². The molecule has 4 nitrogen and oxygen atoms in total. The van der Waals surface area contributed by atoms with Crippen LogP contribution in [0.2, 0.25) is 0 Å². The predicted molar refractivity (Wildman–Crippen MR) is 60.0 cm³/mol. The maximum absolute atomic E-state index is 12.8. The van der Waals surface area contributed by atoms with Crippen LogP contribution < -0.4 is 10.5 Å². The summed E-state index contributed by atoms with van der Waals surface area (Å²) in [6.07, 6.45) is 0. The first kappa shape index (κ1) is 13.1. The quantitative estimate of drug-likeness (QED) is 0.823. The summed E-state index contributed by atoms with van der Waals surface area (Å²) < 4.78 is 38.9. The monoisotopic (exact) mass is 246 g/mol. The molecule has 3 N–H and O–H groups in total. The van der Waals surface area contributed by atoms with Gasteiger partial charge < -0.3 is 5.73 Å². The Bertz CT molecular complexity index is 474. The highest BCUT2D eigenvalue weighted by atomic mass is 32.2. The van der Waals surface area contributed by atoms with Crippen LogP contribution >= 0.6 is 0 Å².